The van der Waals surface area contributed by atoms with E-state index >= 15 is 0 Å². The number of piperidine rings is 1. The van der Waals surface area contributed by atoms with E-state index in [4.69, 9.17) is 21.1 Å². The van der Waals surface area contributed by atoms with Gasteiger partial charge in [-0.05, 0) is 75.0 Å². The number of aryl methyl sites for hydroxylation is 3. The molecule has 6 nitrogen and oxygen atoms in total. The van der Waals surface area contributed by atoms with E-state index in [0.717, 1.165) is 49.6 Å². The summed E-state index contributed by atoms with van der Waals surface area (Å²) in [7, 11) is 0. The van der Waals surface area contributed by atoms with Gasteiger partial charge in [-0.25, -0.2) is 4.98 Å². The molecule has 2 aromatic carbocycles. The van der Waals surface area contributed by atoms with Crippen molar-refractivity contribution >= 4 is 11.6 Å². The highest BCUT2D eigenvalue weighted by Gasteiger charge is 2.34. The maximum Gasteiger partial charge on any atom is 0.138 e. The quantitative estimate of drug-likeness (QED) is 0.410. The molecule has 1 fully saturated rings. The molecule has 1 aromatic heterocycles. The van der Waals surface area contributed by atoms with Crippen LogP contribution >= 0.6 is 11.6 Å². The predicted molar refractivity (Wildman–Crippen MR) is 135 cm³/mol. The maximum atomic E-state index is 11.2. The number of aliphatic hydroxyl groups is 1. The van der Waals surface area contributed by atoms with Crippen LogP contribution in [0.3, 0.4) is 0 Å². The Labute approximate surface area is 207 Å². The molecule has 34 heavy (non-hydrogen) atoms. The van der Waals surface area contributed by atoms with Gasteiger partial charge < -0.3 is 19.1 Å². The first-order valence-corrected chi connectivity index (χ1v) is 12.3. The molecule has 1 unspecified atom stereocenters. The Balaban J connectivity index is 1.27. The largest absolute Gasteiger partial charge is 0.494 e. The van der Waals surface area contributed by atoms with Crippen molar-refractivity contribution in [2.24, 2.45) is 0 Å². The smallest absolute Gasteiger partial charge is 0.138 e. The van der Waals surface area contributed by atoms with Crippen molar-refractivity contribution < 1.29 is 14.6 Å². The van der Waals surface area contributed by atoms with Crippen LogP contribution in [-0.2, 0) is 13.1 Å². The minimum absolute atomic E-state index is 0.228. The molecule has 0 bridgehead atoms. The average Bonchev–Trinajstić information content (AvgIpc) is 3.22. The third-order valence-electron chi connectivity index (χ3n) is 6.26. The topological polar surface area (TPSA) is 59.8 Å². The van der Waals surface area contributed by atoms with Crippen LogP contribution in [-0.4, -0.2) is 51.5 Å². The van der Waals surface area contributed by atoms with E-state index in [1.807, 2.05) is 56.6 Å². The minimum Gasteiger partial charge on any atom is -0.494 e. The fourth-order valence-electron chi connectivity index (χ4n) is 4.45. The van der Waals surface area contributed by atoms with Crippen molar-refractivity contribution in [3.05, 3.63) is 76.8 Å². The number of aromatic nitrogens is 2. The van der Waals surface area contributed by atoms with Crippen molar-refractivity contribution in [2.45, 2.75) is 51.8 Å². The highest BCUT2D eigenvalue weighted by molar-refractivity contribution is 6.32. The van der Waals surface area contributed by atoms with Crippen LogP contribution in [0.15, 0.2) is 54.9 Å². The van der Waals surface area contributed by atoms with Gasteiger partial charge in [-0.3, -0.25) is 4.90 Å². The molecule has 1 saturated heterocycles. The van der Waals surface area contributed by atoms with Gasteiger partial charge in [-0.15, -0.1) is 0 Å². The summed E-state index contributed by atoms with van der Waals surface area (Å²) in [5.41, 5.74) is 1.36. The molecule has 4 rings (SSSR count). The Bertz CT molecular complexity index is 1090. The van der Waals surface area contributed by atoms with Gasteiger partial charge in [0.1, 0.15) is 29.5 Å². The van der Waals surface area contributed by atoms with Crippen LogP contribution in [0.4, 0.5) is 0 Å². The summed E-state index contributed by atoms with van der Waals surface area (Å²) in [5.74, 6) is 2.53. The molecule has 0 radical (unpaired) electrons. The van der Waals surface area contributed by atoms with Gasteiger partial charge in [0, 0.05) is 32.0 Å². The Morgan fingerprint density at radius 3 is 2.85 bits per heavy atom. The lowest BCUT2D eigenvalue weighted by molar-refractivity contribution is -0.0621. The van der Waals surface area contributed by atoms with Gasteiger partial charge in [0.25, 0.3) is 0 Å². The number of imidazole rings is 1. The molecular weight excluding hydrogens is 450 g/mol. The van der Waals surface area contributed by atoms with E-state index < -0.39 is 5.60 Å². The van der Waals surface area contributed by atoms with Gasteiger partial charge in [0.2, 0.25) is 0 Å². The molecule has 0 spiro atoms. The van der Waals surface area contributed by atoms with Crippen LogP contribution in [0.2, 0.25) is 5.02 Å². The van der Waals surface area contributed by atoms with Crippen LogP contribution in [0.25, 0.3) is 0 Å². The Kier molecular flexibility index (Phi) is 8.14. The van der Waals surface area contributed by atoms with Crippen molar-refractivity contribution in [3.8, 4) is 11.5 Å². The van der Waals surface area contributed by atoms with E-state index in [9.17, 15) is 5.11 Å². The minimum atomic E-state index is -0.898. The summed E-state index contributed by atoms with van der Waals surface area (Å²) in [6.45, 7) is 8.06. The summed E-state index contributed by atoms with van der Waals surface area (Å²) in [5, 5.41) is 11.8. The number of likely N-dealkylation sites (tertiary alicyclic amines) is 1. The van der Waals surface area contributed by atoms with E-state index in [1.165, 1.54) is 5.56 Å². The van der Waals surface area contributed by atoms with Gasteiger partial charge in [0.05, 0.1) is 11.6 Å². The maximum absolute atomic E-state index is 11.2. The lowest BCUT2D eigenvalue weighted by Crippen LogP contribution is -2.51. The number of hydrogen-bond acceptors (Lipinski definition) is 5. The van der Waals surface area contributed by atoms with Crippen LogP contribution in [0, 0.1) is 13.8 Å². The first-order chi connectivity index (χ1) is 16.4. The van der Waals surface area contributed by atoms with E-state index in [1.54, 1.807) is 0 Å². The molecule has 182 valence electrons. The number of halogens is 1. The Hall–Kier alpha value is -2.54. The predicted octanol–water partition coefficient (Wildman–Crippen LogP) is 5.03. The van der Waals surface area contributed by atoms with Gasteiger partial charge in [-0.1, -0.05) is 29.8 Å². The summed E-state index contributed by atoms with van der Waals surface area (Å²) < 4.78 is 14.1. The normalized spacial score (nSPS) is 18.7. The summed E-state index contributed by atoms with van der Waals surface area (Å²) in [4.78, 5) is 6.53. The van der Waals surface area contributed by atoms with E-state index in [0.29, 0.717) is 30.3 Å². The molecule has 1 atom stereocenters. The number of β-amino-alcohol motifs (C(OH)–C–C–N with tert-alkyl or cyclic N) is 1. The summed E-state index contributed by atoms with van der Waals surface area (Å²) >= 11 is 6.26. The zero-order valence-corrected chi connectivity index (χ0v) is 20.8. The van der Waals surface area contributed by atoms with Gasteiger partial charge >= 0.3 is 0 Å². The first kappa shape index (κ1) is 24.6. The average molecular weight is 484 g/mol. The van der Waals surface area contributed by atoms with Gasteiger partial charge in [-0.2, -0.15) is 0 Å². The molecule has 1 N–H and O–H groups in total. The standard InChI is InChI=1S/C27H34ClN3O3/c1-21-8-9-25(28)26(16-21)34-20-27(32)10-4-12-30(19-27)18-23-6-3-7-24(17-23)33-15-5-13-31-14-11-29-22(31)2/h3,6-9,11,14,16-17,32H,4-5,10,12-13,15,18-20H2,1-2H3. The van der Waals surface area contributed by atoms with Crippen molar-refractivity contribution in [1.29, 1.82) is 0 Å². The van der Waals surface area contributed by atoms with Gasteiger partial charge in [0.15, 0.2) is 0 Å². The number of benzene rings is 2. The second kappa shape index (κ2) is 11.3. The third kappa shape index (κ3) is 6.75. The molecule has 0 amide bonds. The van der Waals surface area contributed by atoms with E-state index in [-0.39, 0.29) is 6.61 Å². The molecule has 1 aliphatic heterocycles. The second-order valence-corrected chi connectivity index (χ2v) is 9.69. The number of ether oxygens (including phenoxy) is 2. The molecule has 7 heteroatoms. The summed E-state index contributed by atoms with van der Waals surface area (Å²) in [6.07, 6.45) is 6.38. The lowest BCUT2D eigenvalue weighted by atomic mass is 9.93. The monoisotopic (exact) mass is 483 g/mol. The van der Waals surface area contributed by atoms with Crippen molar-refractivity contribution in [2.75, 3.05) is 26.3 Å². The fraction of sp³-hybridized carbons (Fsp3) is 0.444. The zero-order chi connectivity index (χ0) is 24.0. The fourth-order valence-corrected chi connectivity index (χ4v) is 4.62. The third-order valence-corrected chi connectivity index (χ3v) is 6.57. The van der Waals surface area contributed by atoms with Crippen molar-refractivity contribution in [3.63, 3.8) is 0 Å². The van der Waals surface area contributed by atoms with E-state index in [2.05, 4.69) is 26.6 Å². The molecular formula is C27H34ClN3O3. The lowest BCUT2D eigenvalue weighted by Gasteiger charge is -2.39. The van der Waals surface area contributed by atoms with Crippen LogP contribution in [0.1, 0.15) is 36.2 Å². The highest BCUT2D eigenvalue weighted by Crippen LogP contribution is 2.29. The van der Waals surface area contributed by atoms with Crippen LogP contribution < -0.4 is 9.47 Å². The number of nitrogens with zero attached hydrogens (tertiary/aromatic N) is 3. The molecule has 1 aliphatic rings. The van der Waals surface area contributed by atoms with Crippen molar-refractivity contribution in [1.82, 2.24) is 14.5 Å². The number of hydrogen-bond donors (Lipinski definition) is 1. The Morgan fingerprint density at radius 2 is 2.03 bits per heavy atom. The zero-order valence-electron chi connectivity index (χ0n) is 20.0. The molecule has 0 aliphatic carbocycles. The number of rotatable bonds is 10. The van der Waals surface area contributed by atoms with Crippen LogP contribution in [0.5, 0.6) is 11.5 Å². The SMILES string of the molecule is Cc1ccc(Cl)c(OCC2(O)CCCN(Cc3cccc(OCCCn4ccnc4C)c3)C2)c1. The second-order valence-electron chi connectivity index (χ2n) is 9.28. The molecule has 3 aromatic rings. The summed E-state index contributed by atoms with van der Waals surface area (Å²) in [6, 6.07) is 13.9. The Morgan fingerprint density at radius 1 is 1.15 bits per heavy atom. The molecule has 0 saturated carbocycles. The highest BCUT2D eigenvalue weighted by atomic mass is 35.5. The first-order valence-electron chi connectivity index (χ1n) is 11.9. The molecule has 2 heterocycles.